The highest BCUT2D eigenvalue weighted by molar-refractivity contribution is 5.87. The molecule has 0 radical (unpaired) electrons. The number of nitrogens with zero attached hydrogens (tertiary/aromatic N) is 6. The summed E-state index contributed by atoms with van der Waals surface area (Å²) in [5.41, 5.74) is 3.84. The quantitative estimate of drug-likeness (QED) is 0.223. The topological polar surface area (TPSA) is 221 Å². The molecule has 2 aromatic rings. The lowest BCUT2D eigenvalue weighted by atomic mass is 10.1. The monoisotopic (exact) mass is 488 g/mol. The minimum absolute atomic E-state index is 0.00461. The Morgan fingerprint density at radius 2 is 1.31 bits per heavy atom. The van der Waals surface area contributed by atoms with Gasteiger partial charge in [-0.2, -0.15) is 10.2 Å². The molecule has 0 unspecified atom stereocenters. The van der Waals surface area contributed by atoms with Crippen LogP contribution in [0.4, 0.5) is 34.1 Å². The largest absolute Gasteiger partial charge is 0.301 e. The van der Waals surface area contributed by atoms with Gasteiger partial charge < -0.3 is 0 Å². The Labute approximate surface area is 196 Å². The number of non-ortho nitro benzene ring substituents is 2. The van der Waals surface area contributed by atoms with Crippen LogP contribution in [0, 0.1) is 40.5 Å². The lowest BCUT2D eigenvalue weighted by molar-refractivity contribution is -0.393. The number of nitrogens with one attached hydrogen (secondary N) is 2. The van der Waals surface area contributed by atoms with E-state index in [1.165, 1.54) is 18.3 Å². The molecule has 0 aliphatic rings. The normalized spacial score (nSPS) is 11.3. The van der Waals surface area contributed by atoms with Gasteiger partial charge >= 0.3 is 11.4 Å². The van der Waals surface area contributed by atoms with Gasteiger partial charge in [-0.25, -0.2) is 0 Å². The molecule has 184 valence electrons. The number of hydrazone groups is 2. The number of nitro benzene ring substituents is 4. The fourth-order valence-electron chi connectivity index (χ4n) is 2.83. The minimum Gasteiger partial charge on any atom is -0.272 e. The fraction of sp³-hybridized carbons (Fsp3) is 0.263. The van der Waals surface area contributed by atoms with Crippen LogP contribution in [0.1, 0.15) is 32.6 Å². The molecule has 2 N–H and O–H groups in total. The van der Waals surface area contributed by atoms with E-state index < -0.39 is 42.4 Å². The molecule has 0 aromatic heterocycles. The number of anilines is 2. The van der Waals surface area contributed by atoms with E-state index in [1.54, 1.807) is 0 Å². The third kappa shape index (κ3) is 7.52. The summed E-state index contributed by atoms with van der Waals surface area (Å²) in [5.74, 6) is 0. The van der Waals surface area contributed by atoms with Crippen molar-refractivity contribution in [1.29, 1.82) is 0 Å². The zero-order chi connectivity index (χ0) is 26.0. The van der Waals surface area contributed by atoms with Gasteiger partial charge in [0.05, 0.1) is 31.8 Å². The van der Waals surface area contributed by atoms with Crippen LogP contribution in [0.5, 0.6) is 0 Å². The first-order valence-electron chi connectivity index (χ1n) is 10.1. The molecule has 2 aromatic carbocycles. The van der Waals surface area contributed by atoms with Crippen LogP contribution < -0.4 is 10.9 Å². The Hall–Kier alpha value is -5.02. The van der Waals surface area contributed by atoms with Gasteiger partial charge in [0.25, 0.3) is 11.4 Å². The molecule has 0 saturated heterocycles. The highest BCUT2D eigenvalue weighted by Gasteiger charge is 2.20. The average Bonchev–Trinajstić information content (AvgIpc) is 2.81. The Morgan fingerprint density at radius 3 is 1.77 bits per heavy atom. The number of nitro groups is 4. The Morgan fingerprint density at radius 1 is 0.800 bits per heavy atom. The molecule has 2 rings (SSSR count). The summed E-state index contributed by atoms with van der Waals surface area (Å²) in [7, 11) is 0. The molecule has 16 nitrogen and oxygen atoms in total. The number of hydrogen-bond donors (Lipinski definition) is 2. The number of rotatable bonds is 13. The van der Waals surface area contributed by atoms with E-state index in [1.807, 2.05) is 6.92 Å². The summed E-state index contributed by atoms with van der Waals surface area (Å²) >= 11 is 0. The molecule has 0 aliphatic heterocycles. The second kappa shape index (κ2) is 12.3. The van der Waals surface area contributed by atoms with Crippen molar-refractivity contribution >= 4 is 46.1 Å². The highest BCUT2D eigenvalue weighted by Crippen LogP contribution is 2.30. The SMILES string of the molecule is CCCC(CCC=NNc1ccc([N+](=O)[O-])cc1[N+](=O)[O-])=NNc1ccc([N+](=O)[O-])cc1[N+](=O)[O-]. The second-order valence-electron chi connectivity index (χ2n) is 6.93. The predicted molar refractivity (Wildman–Crippen MR) is 127 cm³/mol. The first kappa shape index (κ1) is 26.2. The van der Waals surface area contributed by atoms with Crippen molar-refractivity contribution in [1.82, 2.24) is 0 Å². The van der Waals surface area contributed by atoms with Gasteiger partial charge in [0, 0.05) is 24.1 Å². The van der Waals surface area contributed by atoms with Gasteiger partial charge in [-0.15, -0.1) is 0 Å². The van der Waals surface area contributed by atoms with Gasteiger partial charge in [0.1, 0.15) is 11.4 Å². The van der Waals surface area contributed by atoms with Crippen LogP contribution in [0.15, 0.2) is 46.6 Å². The van der Waals surface area contributed by atoms with Crippen LogP contribution in [0.3, 0.4) is 0 Å². The summed E-state index contributed by atoms with van der Waals surface area (Å²) in [6.07, 6.45) is 3.48. The Balaban J connectivity index is 2.05. The smallest absolute Gasteiger partial charge is 0.272 e. The van der Waals surface area contributed by atoms with Gasteiger partial charge in [-0.1, -0.05) is 13.3 Å². The van der Waals surface area contributed by atoms with Crippen molar-refractivity contribution in [2.24, 2.45) is 10.2 Å². The summed E-state index contributed by atoms with van der Waals surface area (Å²) in [5, 5.41) is 52.1. The van der Waals surface area contributed by atoms with E-state index in [-0.39, 0.29) is 11.4 Å². The lowest BCUT2D eigenvalue weighted by Gasteiger charge is -2.06. The molecular weight excluding hydrogens is 468 g/mol. The Bertz CT molecular complexity index is 1200. The average molecular weight is 488 g/mol. The maximum atomic E-state index is 11.2. The first-order valence-corrected chi connectivity index (χ1v) is 10.1. The summed E-state index contributed by atoms with van der Waals surface area (Å²) in [6, 6.07) is 6.28. The standard InChI is InChI=1S/C19H20N8O8/c1-2-4-13(21-23-17-9-7-15(25(30)31)12-19(17)27(34)35)5-3-10-20-22-16-8-6-14(24(28)29)11-18(16)26(32)33/h6-12,22-23H,2-5H2,1H3. The van der Waals surface area contributed by atoms with Crippen LogP contribution in [-0.4, -0.2) is 31.6 Å². The Kier molecular flexibility index (Phi) is 9.21. The number of hydrogen-bond acceptors (Lipinski definition) is 12. The lowest BCUT2D eigenvalue weighted by Crippen LogP contribution is -2.05. The van der Waals surface area contributed by atoms with Crippen molar-refractivity contribution < 1.29 is 19.7 Å². The highest BCUT2D eigenvalue weighted by atomic mass is 16.6. The minimum atomic E-state index is -0.764. The summed E-state index contributed by atoms with van der Waals surface area (Å²) in [6.45, 7) is 1.91. The van der Waals surface area contributed by atoms with Crippen molar-refractivity contribution in [2.45, 2.75) is 32.6 Å². The summed E-state index contributed by atoms with van der Waals surface area (Å²) < 4.78 is 0. The van der Waals surface area contributed by atoms with Crippen LogP contribution in [-0.2, 0) is 0 Å². The van der Waals surface area contributed by atoms with E-state index in [2.05, 4.69) is 21.1 Å². The van der Waals surface area contributed by atoms with Gasteiger partial charge in [-0.3, -0.25) is 51.3 Å². The van der Waals surface area contributed by atoms with Crippen LogP contribution >= 0.6 is 0 Å². The second-order valence-corrected chi connectivity index (χ2v) is 6.93. The molecule has 0 bridgehead atoms. The molecule has 0 fully saturated rings. The third-order valence-electron chi connectivity index (χ3n) is 4.49. The first-order chi connectivity index (χ1) is 16.6. The van der Waals surface area contributed by atoms with Crippen molar-refractivity contribution in [3.05, 3.63) is 76.9 Å². The van der Waals surface area contributed by atoms with Crippen molar-refractivity contribution in [2.75, 3.05) is 10.9 Å². The fourth-order valence-corrected chi connectivity index (χ4v) is 2.83. The van der Waals surface area contributed by atoms with Crippen molar-refractivity contribution in [3.8, 4) is 0 Å². The maximum Gasteiger partial charge on any atom is 0.301 e. The number of benzene rings is 2. The molecule has 0 spiro atoms. The maximum absolute atomic E-state index is 11.2. The predicted octanol–water partition coefficient (Wildman–Crippen LogP) is 4.77. The molecule has 0 aliphatic carbocycles. The van der Waals surface area contributed by atoms with Crippen molar-refractivity contribution in [3.63, 3.8) is 0 Å². The van der Waals surface area contributed by atoms with Gasteiger partial charge in [0.15, 0.2) is 0 Å². The zero-order valence-electron chi connectivity index (χ0n) is 18.3. The summed E-state index contributed by atoms with van der Waals surface area (Å²) in [4.78, 5) is 41.0. The van der Waals surface area contributed by atoms with E-state index in [9.17, 15) is 40.5 Å². The molecule has 35 heavy (non-hydrogen) atoms. The van der Waals surface area contributed by atoms with Gasteiger partial charge in [0.2, 0.25) is 0 Å². The van der Waals surface area contributed by atoms with E-state index in [0.29, 0.717) is 25.0 Å². The molecule has 0 atom stereocenters. The molecular formula is C19H20N8O8. The molecule has 0 saturated carbocycles. The molecule has 16 heteroatoms. The van der Waals surface area contributed by atoms with Crippen LogP contribution in [0.25, 0.3) is 0 Å². The van der Waals surface area contributed by atoms with Crippen LogP contribution in [0.2, 0.25) is 0 Å². The molecule has 0 amide bonds. The van der Waals surface area contributed by atoms with E-state index in [0.717, 1.165) is 30.7 Å². The molecule has 0 heterocycles. The zero-order valence-corrected chi connectivity index (χ0v) is 18.3. The van der Waals surface area contributed by atoms with E-state index in [4.69, 9.17) is 0 Å². The third-order valence-corrected chi connectivity index (χ3v) is 4.49. The van der Waals surface area contributed by atoms with Gasteiger partial charge in [-0.05, 0) is 31.4 Å². The van der Waals surface area contributed by atoms with E-state index >= 15 is 0 Å².